The summed E-state index contributed by atoms with van der Waals surface area (Å²) in [6.07, 6.45) is 14.0. The molecule has 0 fully saturated rings. The van der Waals surface area contributed by atoms with E-state index in [1.165, 1.54) is 11.1 Å². The third-order valence-electron chi connectivity index (χ3n) is 3.29. The van der Waals surface area contributed by atoms with Crippen molar-refractivity contribution in [1.82, 2.24) is 0 Å². The standard InChI is InChI=1S/2C9H12O.Fe/c2*1-3-8-4-5-9(6-8)7(2)10;/h2*4-6,10H,3H2,1-2H3;/b2*9-7-;. The molecule has 0 saturated carbocycles. The van der Waals surface area contributed by atoms with E-state index in [2.05, 4.69) is 13.8 Å². The number of aliphatic hydroxyl groups is 2. The summed E-state index contributed by atoms with van der Waals surface area (Å²) in [5, 5.41) is 18.1. The Hall–Kier alpha value is -1.44. The second-order valence-corrected chi connectivity index (χ2v) is 4.89. The van der Waals surface area contributed by atoms with Gasteiger partial charge >= 0.3 is 0 Å². The topological polar surface area (TPSA) is 40.5 Å². The molecule has 0 aromatic rings. The van der Waals surface area contributed by atoms with Gasteiger partial charge in [0.2, 0.25) is 0 Å². The summed E-state index contributed by atoms with van der Waals surface area (Å²) in [5.41, 5.74) is 4.44. The number of rotatable bonds is 2. The van der Waals surface area contributed by atoms with Gasteiger partial charge in [-0.05, 0) is 50.0 Å². The van der Waals surface area contributed by atoms with Gasteiger partial charge in [0.05, 0.1) is 11.5 Å². The Kier molecular flexibility index (Phi) is 8.84. The van der Waals surface area contributed by atoms with Crippen molar-refractivity contribution in [2.24, 2.45) is 0 Å². The van der Waals surface area contributed by atoms with Crippen LogP contribution >= 0.6 is 0 Å². The van der Waals surface area contributed by atoms with Crippen LogP contribution in [-0.4, -0.2) is 10.2 Å². The summed E-state index contributed by atoms with van der Waals surface area (Å²) >= 11 is 0. The van der Waals surface area contributed by atoms with Gasteiger partial charge in [-0.15, -0.1) is 0 Å². The summed E-state index contributed by atoms with van der Waals surface area (Å²) in [5.74, 6) is 0.805. The molecule has 3 heteroatoms. The maximum absolute atomic E-state index is 9.05. The normalized spacial score (nSPS) is 20.2. The molecule has 0 heterocycles. The average Bonchev–Trinajstić information content (AvgIpc) is 3.08. The molecule has 2 nitrogen and oxygen atoms in total. The van der Waals surface area contributed by atoms with Gasteiger partial charge < -0.3 is 10.2 Å². The van der Waals surface area contributed by atoms with Gasteiger partial charge in [0.15, 0.2) is 0 Å². The van der Waals surface area contributed by atoms with E-state index in [-0.39, 0.29) is 17.1 Å². The van der Waals surface area contributed by atoms with Crippen molar-refractivity contribution in [3.8, 4) is 0 Å². The van der Waals surface area contributed by atoms with Gasteiger partial charge in [-0.2, -0.15) is 0 Å². The van der Waals surface area contributed by atoms with E-state index in [9.17, 15) is 0 Å². The van der Waals surface area contributed by atoms with Crippen LogP contribution in [0.5, 0.6) is 0 Å². The Morgan fingerprint density at radius 3 is 1.24 bits per heavy atom. The van der Waals surface area contributed by atoms with Crippen LogP contribution in [0.2, 0.25) is 0 Å². The smallest absolute Gasteiger partial charge is 0.0963 e. The monoisotopic (exact) mass is 328 g/mol. The van der Waals surface area contributed by atoms with E-state index in [1.807, 2.05) is 36.5 Å². The Balaban J connectivity index is 0.000000364. The molecule has 0 saturated heterocycles. The Morgan fingerprint density at radius 2 is 1.10 bits per heavy atom. The minimum Gasteiger partial charge on any atom is -0.512 e. The molecule has 0 aromatic heterocycles. The SMILES string of the molecule is CCC1=C/C(=C(/C)O)C=C1.CCC1=C/C(=C(/C)O)C=C1.[Fe]. The van der Waals surface area contributed by atoms with Crippen LogP contribution in [0.25, 0.3) is 0 Å². The first kappa shape index (κ1) is 19.6. The molecule has 2 aliphatic carbocycles. The van der Waals surface area contributed by atoms with Gasteiger partial charge in [-0.1, -0.05) is 38.2 Å². The summed E-state index contributed by atoms with van der Waals surface area (Å²) < 4.78 is 0. The minimum absolute atomic E-state index is 0. The molecule has 0 atom stereocenters. The van der Waals surface area contributed by atoms with Crippen molar-refractivity contribution in [3.63, 3.8) is 0 Å². The fraction of sp³-hybridized carbons (Fsp3) is 0.333. The van der Waals surface area contributed by atoms with E-state index in [0.29, 0.717) is 11.5 Å². The second kappa shape index (κ2) is 9.49. The van der Waals surface area contributed by atoms with Gasteiger partial charge in [0.25, 0.3) is 0 Å². The zero-order valence-electron chi connectivity index (χ0n) is 13.1. The molecule has 0 bridgehead atoms. The minimum atomic E-state index is 0. The number of hydrogen-bond acceptors (Lipinski definition) is 2. The summed E-state index contributed by atoms with van der Waals surface area (Å²) in [7, 11) is 0. The first-order chi connectivity index (χ1) is 9.47. The quantitative estimate of drug-likeness (QED) is 0.523. The number of aliphatic hydroxyl groups excluding tert-OH is 2. The molecule has 0 unspecified atom stereocenters. The van der Waals surface area contributed by atoms with E-state index in [0.717, 1.165) is 24.0 Å². The van der Waals surface area contributed by atoms with Crippen molar-refractivity contribution < 1.29 is 27.3 Å². The van der Waals surface area contributed by atoms with E-state index >= 15 is 0 Å². The van der Waals surface area contributed by atoms with Crippen molar-refractivity contribution in [2.75, 3.05) is 0 Å². The summed E-state index contributed by atoms with van der Waals surface area (Å²) in [6, 6.07) is 0. The molecular formula is C18H24FeO2. The van der Waals surface area contributed by atoms with Gasteiger partial charge in [-0.25, -0.2) is 0 Å². The molecule has 0 aliphatic heterocycles. The molecule has 2 rings (SSSR count). The van der Waals surface area contributed by atoms with Gasteiger partial charge in [0, 0.05) is 28.2 Å². The van der Waals surface area contributed by atoms with Crippen molar-refractivity contribution in [2.45, 2.75) is 40.5 Å². The molecule has 0 amide bonds. The van der Waals surface area contributed by atoms with E-state index in [4.69, 9.17) is 10.2 Å². The van der Waals surface area contributed by atoms with Crippen molar-refractivity contribution >= 4 is 0 Å². The fourth-order valence-corrected chi connectivity index (χ4v) is 1.88. The Morgan fingerprint density at radius 1 is 0.762 bits per heavy atom. The van der Waals surface area contributed by atoms with Crippen LogP contribution in [0.3, 0.4) is 0 Å². The predicted molar refractivity (Wildman–Crippen MR) is 85.7 cm³/mol. The van der Waals surface area contributed by atoms with Crippen molar-refractivity contribution in [1.29, 1.82) is 0 Å². The third-order valence-corrected chi connectivity index (χ3v) is 3.29. The first-order valence-electron chi connectivity index (χ1n) is 7.04. The van der Waals surface area contributed by atoms with Gasteiger partial charge in [0.1, 0.15) is 0 Å². The predicted octanol–water partition coefficient (Wildman–Crippen LogP) is 5.45. The van der Waals surface area contributed by atoms with Crippen LogP contribution in [0.4, 0.5) is 0 Å². The molecule has 0 radical (unpaired) electrons. The van der Waals surface area contributed by atoms with E-state index in [1.54, 1.807) is 13.8 Å². The molecule has 116 valence electrons. The molecule has 0 aromatic carbocycles. The van der Waals surface area contributed by atoms with Crippen molar-refractivity contribution in [3.05, 3.63) is 70.3 Å². The van der Waals surface area contributed by atoms with Crippen LogP contribution in [0.1, 0.15) is 40.5 Å². The molecular weight excluding hydrogens is 304 g/mol. The zero-order chi connectivity index (χ0) is 15.1. The largest absolute Gasteiger partial charge is 0.512 e. The Labute approximate surface area is 138 Å². The van der Waals surface area contributed by atoms with Crippen LogP contribution < -0.4 is 0 Å². The maximum Gasteiger partial charge on any atom is 0.0963 e. The Bertz CT molecular complexity index is 486. The average molecular weight is 328 g/mol. The van der Waals surface area contributed by atoms with Gasteiger partial charge in [-0.3, -0.25) is 0 Å². The van der Waals surface area contributed by atoms with Crippen LogP contribution in [0.15, 0.2) is 70.3 Å². The van der Waals surface area contributed by atoms with Crippen LogP contribution in [-0.2, 0) is 17.1 Å². The zero-order valence-corrected chi connectivity index (χ0v) is 14.2. The molecule has 21 heavy (non-hydrogen) atoms. The third kappa shape index (κ3) is 6.24. The summed E-state index contributed by atoms with van der Waals surface area (Å²) in [4.78, 5) is 0. The number of allylic oxidation sites excluding steroid dienone is 12. The molecule has 2 N–H and O–H groups in total. The molecule has 0 spiro atoms. The second-order valence-electron chi connectivity index (χ2n) is 4.89. The first-order valence-corrected chi connectivity index (χ1v) is 7.04. The summed E-state index contributed by atoms with van der Waals surface area (Å²) in [6.45, 7) is 7.61. The number of hydrogen-bond donors (Lipinski definition) is 2. The molecule has 2 aliphatic rings. The maximum atomic E-state index is 9.05. The van der Waals surface area contributed by atoms with E-state index < -0.39 is 0 Å². The van der Waals surface area contributed by atoms with Crippen LogP contribution in [0, 0.1) is 0 Å². The fourth-order valence-electron chi connectivity index (χ4n) is 1.88.